The second kappa shape index (κ2) is 2.80. The molecule has 0 aromatic rings. The predicted molar refractivity (Wildman–Crippen MR) is 32.1 cm³/mol. The summed E-state index contributed by atoms with van der Waals surface area (Å²) in [5.74, 6) is -0.812. The van der Waals surface area contributed by atoms with Crippen LogP contribution in [-0.2, 0) is 0 Å². The number of hydrogen-bond donors (Lipinski definition) is 0. The van der Waals surface area contributed by atoms with Crippen LogP contribution in [0.4, 0.5) is 22.0 Å². The van der Waals surface area contributed by atoms with Crippen LogP contribution < -0.4 is 0 Å². The van der Waals surface area contributed by atoms with Gasteiger partial charge in [0.05, 0.1) is 0 Å². The monoisotopic (exact) mass is 192 g/mol. The number of alkyl halides is 5. The highest BCUT2D eigenvalue weighted by Crippen LogP contribution is 2.43. The van der Waals surface area contributed by atoms with Gasteiger partial charge in [0.25, 0.3) is 6.43 Å². The van der Waals surface area contributed by atoms with E-state index in [9.17, 15) is 22.0 Å². The molecule has 1 fully saturated rings. The lowest BCUT2D eigenvalue weighted by Gasteiger charge is -2.19. The first-order valence-corrected chi connectivity index (χ1v) is 3.90. The average molecular weight is 192 g/mol. The molecule has 0 N–H and O–H groups in total. The zero-order valence-electron chi connectivity index (χ0n) is 5.24. The first-order valence-electron chi connectivity index (χ1n) is 2.85. The predicted octanol–water partition coefficient (Wildman–Crippen LogP) is 2.34. The number of rotatable bonds is 1. The lowest BCUT2D eigenvalue weighted by Crippen LogP contribution is -2.42. The number of halogens is 5. The van der Waals surface area contributed by atoms with Crippen molar-refractivity contribution in [2.45, 2.75) is 23.8 Å². The summed E-state index contributed by atoms with van der Waals surface area (Å²) in [6, 6.07) is 0. The molecule has 11 heavy (non-hydrogen) atoms. The van der Waals surface area contributed by atoms with Crippen LogP contribution in [-0.4, -0.2) is 29.5 Å². The number of hydrogen-bond acceptors (Lipinski definition) is 1. The molecule has 1 aliphatic rings. The molecule has 3 atom stereocenters. The quantitative estimate of drug-likeness (QED) is 0.574. The van der Waals surface area contributed by atoms with Crippen molar-refractivity contribution in [2.24, 2.45) is 0 Å². The van der Waals surface area contributed by atoms with Gasteiger partial charge in [0.1, 0.15) is 0 Å². The molecule has 1 saturated heterocycles. The second-order valence-corrected chi connectivity index (χ2v) is 3.36. The van der Waals surface area contributed by atoms with Crippen molar-refractivity contribution in [3.63, 3.8) is 0 Å². The summed E-state index contributed by atoms with van der Waals surface area (Å²) in [5.41, 5.74) is -5.45. The Hall–Kier alpha value is -0.0000000000000000555. The Morgan fingerprint density at radius 1 is 1.36 bits per heavy atom. The van der Waals surface area contributed by atoms with Crippen molar-refractivity contribution >= 4 is 11.8 Å². The Balaban J connectivity index is 2.73. The van der Waals surface area contributed by atoms with Crippen molar-refractivity contribution in [3.8, 4) is 0 Å². The molecule has 3 unspecified atom stereocenters. The minimum Gasteiger partial charge on any atom is -0.239 e. The third-order valence-corrected chi connectivity index (χ3v) is 2.68. The zero-order valence-corrected chi connectivity index (χ0v) is 6.05. The molecule has 0 aliphatic carbocycles. The molecule has 66 valence electrons. The van der Waals surface area contributed by atoms with E-state index in [2.05, 4.69) is 0 Å². The van der Waals surface area contributed by atoms with E-state index in [1.54, 1.807) is 0 Å². The Bertz CT molecular complexity index is 152. The smallest absolute Gasteiger partial charge is 0.239 e. The van der Waals surface area contributed by atoms with Gasteiger partial charge in [-0.2, -0.15) is 0 Å². The fourth-order valence-corrected chi connectivity index (χ4v) is 1.87. The normalized spacial score (nSPS) is 45.3. The topological polar surface area (TPSA) is 0 Å². The SMILES string of the molecule is FC1SCC(F)(C(F)F)C1F. The van der Waals surface area contributed by atoms with Crippen molar-refractivity contribution in [1.82, 2.24) is 0 Å². The zero-order chi connectivity index (χ0) is 8.65. The lowest BCUT2D eigenvalue weighted by molar-refractivity contribution is -0.0696. The summed E-state index contributed by atoms with van der Waals surface area (Å²) in [5, 5.41) is 0. The fraction of sp³-hybridized carbons (Fsp3) is 1.00. The Morgan fingerprint density at radius 3 is 2.09 bits per heavy atom. The maximum Gasteiger partial charge on any atom is 0.275 e. The van der Waals surface area contributed by atoms with Crippen molar-refractivity contribution in [3.05, 3.63) is 0 Å². The maximum absolute atomic E-state index is 12.7. The van der Waals surface area contributed by atoms with E-state index in [1.807, 2.05) is 0 Å². The second-order valence-electron chi connectivity index (χ2n) is 2.29. The molecule has 0 spiro atoms. The molecule has 0 aromatic heterocycles. The molecule has 0 amide bonds. The van der Waals surface area contributed by atoms with E-state index in [-0.39, 0.29) is 11.8 Å². The molecule has 0 aromatic carbocycles. The van der Waals surface area contributed by atoms with Gasteiger partial charge in [-0.05, 0) is 0 Å². The Labute approximate surface area is 64.1 Å². The van der Waals surface area contributed by atoms with Gasteiger partial charge in [-0.1, -0.05) is 0 Å². The molecule has 0 bridgehead atoms. The first-order chi connectivity index (χ1) is 4.98. The van der Waals surface area contributed by atoms with Crippen LogP contribution in [0.3, 0.4) is 0 Å². The van der Waals surface area contributed by atoms with E-state index in [0.29, 0.717) is 0 Å². The van der Waals surface area contributed by atoms with Crippen LogP contribution in [0.2, 0.25) is 0 Å². The van der Waals surface area contributed by atoms with E-state index < -0.39 is 29.5 Å². The van der Waals surface area contributed by atoms with E-state index in [0.717, 1.165) is 0 Å². The van der Waals surface area contributed by atoms with Gasteiger partial charge in [0, 0.05) is 5.75 Å². The Morgan fingerprint density at radius 2 is 1.91 bits per heavy atom. The molecular formula is C5H5F5S. The standard InChI is InChI=1S/C5H5F5S/c6-2-3(7)11-1-5(2,10)4(8)9/h2-4H,1H2. The van der Waals surface area contributed by atoms with Crippen LogP contribution >= 0.6 is 11.8 Å². The van der Waals surface area contributed by atoms with Gasteiger partial charge in [-0.15, -0.1) is 11.8 Å². The van der Waals surface area contributed by atoms with Gasteiger partial charge in [0.15, 0.2) is 11.7 Å². The van der Waals surface area contributed by atoms with Gasteiger partial charge in [-0.3, -0.25) is 0 Å². The van der Waals surface area contributed by atoms with Crippen LogP contribution in [0.1, 0.15) is 0 Å². The molecule has 1 heterocycles. The molecule has 1 rings (SSSR count). The fourth-order valence-electron chi connectivity index (χ4n) is 0.773. The highest BCUT2D eigenvalue weighted by Gasteiger charge is 2.57. The van der Waals surface area contributed by atoms with Gasteiger partial charge < -0.3 is 0 Å². The third-order valence-electron chi connectivity index (χ3n) is 1.52. The molecular weight excluding hydrogens is 187 g/mol. The van der Waals surface area contributed by atoms with Gasteiger partial charge in [-0.25, -0.2) is 22.0 Å². The maximum atomic E-state index is 12.7. The summed E-state index contributed by atoms with van der Waals surface area (Å²) in [4.78, 5) is 0. The van der Waals surface area contributed by atoms with Crippen LogP contribution in [0.5, 0.6) is 0 Å². The van der Waals surface area contributed by atoms with E-state index in [1.165, 1.54) is 0 Å². The first kappa shape index (κ1) is 9.09. The van der Waals surface area contributed by atoms with Crippen LogP contribution in [0, 0.1) is 0 Å². The van der Waals surface area contributed by atoms with Gasteiger partial charge >= 0.3 is 0 Å². The summed E-state index contributed by atoms with van der Waals surface area (Å²) in [6.45, 7) is 0. The van der Waals surface area contributed by atoms with Gasteiger partial charge in [0.2, 0.25) is 5.67 Å². The van der Waals surface area contributed by atoms with Crippen molar-refractivity contribution < 1.29 is 22.0 Å². The van der Waals surface area contributed by atoms with Crippen molar-refractivity contribution in [2.75, 3.05) is 5.75 Å². The van der Waals surface area contributed by atoms with Crippen LogP contribution in [0.25, 0.3) is 0 Å². The summed E-state index contributed by atoms with van der Waals surface area (Å²) < 4.78 is 60.8. The highest BCUT2D eigenvalue weighted by atomic mass is 32.2. The van der Waals surface area contributed by atoms with E-state index >= 15 is 0 Å². The summed E-state index contributed by atoms with van der Waals surface area (Å²) >= 11 is 0.244. The average Bonchev–Trinajstić information content (AvgIpc) is 2.18. The third kappa shape index (κ3) is 1.32. The lowest BCUT2D eigenvalue weighted by atomic mass is 10.1. The highest BCUT2D eigenvalue weighted by molar-refractivity contribution is 8.00. The molecule has 6 heteroatoms. The largest absolute Gasteiger partial charge is 0.275 e. The molecule has 0 saturated carbocycles. The van der Waals surface area contributed by atoms with Crippen LogP contribution in [0.15, 0.2) is 0 Å². The minimum atomic E-state index is -3.45. The summed E-state index contributed by atoms with van der Waals surface area (Å²) in [7, 11) is 0. The summed E-state index contributed by atoms with van der Waals surface area (Å²) in [6.07, 6.45) is -6.15. The van der Waals surface area contributed by atoms with E-state index in [4.69, 9.17) is 0 Å². The Kier molecular flexibility index (Phi) is 2.32. The molecule has 1 aliphatic heterocycles. The minimum absolute atomic E-state index is 0.244. The number of thioether (sulfide) groups is 1. The molecule has 0 nitrogen and oxygen atoms in total. The van der Waals surface area contributed by atoms with Crippen molar-refractivity contribution in [1.29, 1.82) is 0 Å². The molecule has 0 radical (unpaired) electrons.